The predicted octanol–water partition coefficient (Wildman–Crippen LogP) is 3.30. The Labute approximate surface area is 161 Å². The van der Waals surface area contributed by atoms with Crippen molar-refractivity contribution in [3.63, 3.8) is 0 Å². The minimum Gasteiger partial charge on any atom is -0.481 e. The third-order valence-electron chi connectivity index (χ3n) is 5.21. The van der Waals surface area contributed by atoms with Gasteiger partial charge in [0.05, 0.1) is 6.42 Å². The van der Waals surface area contributed by atoms with Gasteiger partial charge in [-0.3, -0.25) is 9.59 Å². The normalized spacial score (nSPS) is 11.3. The van der Waals surface area contributed by atoms with Crippen molar-refractivity contribution < 1.29 is 23.5 Å². The molecule has 1 aromatic carbocycles. The van der Waals surface area contributed by atoms with Crippen molar-refractivity contribution in [3.8, 4) is 0 Å². The number of hydrogen-bond donors (Lipinski definition) is 2. The van der Waals surface area contributed by atoms with E-state index < -0.39 is 11.6 Å². The number of furan rings is 1. The molecule has 2 heterocycles. The van der Waals surface area contributed by atoms with Gasteiger partial charge in [0.25, 0.3) is 0 Å². The minimum absolute atomic E-state index is 0.0652. The van der Waals surface area contributed by atoms with Crippen molar-refractivity contribution in [2.24, 2.45) is 0 Å². The van der Waals surface area contributed by atoms with Crippen LogP contribution in [0.2, 0.25) is 0 Å². The Balaban J connectivity index is 1.95. The van der Waals surface area contributed by atoms with E-state index in [2.05, 4.69) is 5.32 Å². The van der Waals surface area contributed by atoms with E-state index in [-0.39, 0.29) is 31.7 Å². The third kappa shape index (κ3) is 3.52. The Morgan fingerprint density at radius 2 is 1.61 bits per heavy atom. The van der Waals surface area contributed by atoms with Crippen LogP contribution >= 0.6 is 0 Å². The van der Waals surface area contributed by atoms with Crippen LogP contribution in [0, 0.1) is 27.7 Å². The molecule has 0 bridgehead atoms. The smallest absolute Gasteiger partial charge is 0.339 e. The van der Waals surface area contributed by atoms with Gasteiger partial charge in [0.15, 0.2) is 0 Å². The van der Waals surface area contributed by atoms with Crippen LogP contribution in [0.1, 0.15) is 40.9 Å². The van der Waals surface area contributed by atoms with Crippen LogP contribution in [0.4, 0.5) is 0 Å². The summed E-state index contributed by atoms with van der Waals surface area (Å²) in [6, 6.07) is 1.97. The lowest BCUT2D eigenvalue weighted by atomic mass is 9.98. The number of carboxylic acid groups (broad SMARTS) is 1. The Hall–Kier alpha value is -3.09. The fourth-order valence-electron chi connectivity index (χ4n) is 3.42. The van der Waals surface area contributed by atoms with Gasteiger partial charge >= 0.3 is 11.6 Å². The molecule has 1 amide bonds. The molecule has 0 atom stereocenters. The van der Waals surface area contributed by atoms with Crippen LogP contribution in [0.3, 0.4) is 0 Å². The number of nitrogens with one attached hydrogen (secondary N) is 1. The molecule has 0 fully saturated rings. The van der Waals surface area contributed by atoms with E-state index in [0.717, 1.165) is 38.8 Å². The number of aryl methyl sites for hydroxylation is 4. The van der Waals surface area contributed by atoms with Crippen molar-refractivity contribution in [1.29, 1.82) is 0 Å². The molecule has 7 heteroatoms. The van der Waals surface area contributed by atoms with Gasteiger partial charge in [-0.15, -0.1) is 0 Å². The molecular weight excluding hydrogens is 362 g/mol. The lowest BCUT2D eigenvalue weighted by Crippen LogP contribution is -2.26. The summed E-state index contributed by atoms with van der Waals surface area (Å²) in [6.07, 6.45) is 0.174. The second-order valence-corrected chi connectivity index (χ2v) is 7.02. The monoisotopic (exact) mass is 385 g/mol. The molecule has 2 aromatic heterocycles. The standard InChI is InChI=1S/C21H23NO6/c1-10-13(4)27-19-12(3)20-16(9-15(10)19)11(2)14(21(26)28-20)5-6-17(23)22-8-7-18(24)25/h9H,5-8H2,1-4H3,(H,22,23)(H,24,25). The highest BCUT2D eigenvalue weighted by Crippen LogP contribution is 2.34. The Morgan fingerprint density at radius 1 is 0.964 bits per heavy atom. The van der Waals surface area contributed by atoms with E-state index in [1.807, 2.05) is 33.8 Å². The van der Waals surface area contributed by atoms with Crippen molar-refractivity contribution in [2.45, 2.75) is 47.0 Å². The van der Waals surface area contributed by atoms with E-state index >= 15 is 0 Å². The predicted molar refractivity (Wildman–Crippen MR) is 105 cm³/mol. The summed E-state index contributed by atoms with van der Waals surface area (Å²) in [4.78, 5) is 34.9. The highest BCUT2D eigenvalue weighted by atomic mass is 16.4. The van der Waals surface area contributed by atoms with Crippen LogP contribution in [-0.4, -0.2) is 23.5 Å². The first-order chi connectivity index (χ1) is 13.2. The fraction of sp³-hybridized carbons (Fsp3) is 0.381. The average Bonchev–Trinajstić information content (AvgIpc) is 2.91. The first-order valence-corrected chi connectivity index (χ1v) is 9.14. The van der Waals surface area contributed by atoms with Gasteiger partial charge in [0.1, 0.15) is 16.9 Å². The molecule has 0 aliphatic carbocycles. The summed E-state index contributed by atoms with van der Waals surface area (Å²) in [5.41, 5.74) is 3.82. The van der Waals surface area contributed by atoms with E-state index in [1.165, 1.54) is 0 Å². The summed E-state index contributed by atoms with van der Waals surface area (Å²) in [6.45, 7) is 7.67. The number of hydrogen-bond acceptors (Lipinski definition) is 5. The highest BCUT2D eigenvalue weighted by Gasteiger charge is 2.19. The van der Waals surface area contributed by atoms with Crippen LogP contribution in [-0.2, 0) is 16.0 Å². The van der Waals surface area contributed by atoms with Crippen molar-refractivity contribution in [3.05, 3.63) is 44.5 Å². The third-order valence-corrected chi connectivity index (χ3v) is 5.21. The second-order valence-electron chi connectivity index (χ2n) is 7.02. The Bertz CT molecular complexity index is 1150. The summed E-state index contributed by atoms with van der Waals surface area (Å²) < 4.78 is 11.4. The largest absolute Gasteiger partial charge is 0.481 e. The second kappa shape index (κ2) is 7.50. The maximum atomic E-state index is 12.5. The number of amides is 1. The lowest BCUT2D eigenvalue weighted by molar-refractivity contribution is -0.136. The van der Waals surface area contributed by atoms with Crippen LogP contribution in [0.5, 0.6) is 0 Å². The quantitative estimate of drug-likeness (QED) is 0.630. The molecule has 0 unspecified atom stereocenters. The molecule has 0 aliphatic heterocycles. The van der Waals surface area contributed by atoms with Crippen molar-refractivity contribution in [2.75, 3.05) is 6.54 Å². The van der Waals surface area contributed by atoms with Gasteiger partial charge in [0, 0.05) is 34.9 Å². The molecule has 2 N–H and O–H groups in total. The molecule has 28 heavy (non-hydrogen) atoms. The summed E-state index contributed by atoms with van der Waals surface area (Å²) in [5.74, 6) is -0.447. The van der Waals surface area contributed by atoms with Gasteiger partial charge in [-0.05, 0) is 51.3 Å². The first-order valence-electron chi connectivity index (χ1n) is 9.14. The number of carboxylic acids is 1. The number of carbonyl (C=O) groups is 2. The molecule has 7 nitrogen and oxygen atoms in total. The van der Waals surface area contributed by atoms with E-state index in [4.69, 9.17) is 13.9 Å². The SMILES string of the molecule is Cc1oc2c(C)c3oc(=O)c(CCC(=O)NCCC(=O)O)c(C)c3cc2c1C. The van der Waals surface area contributed by atoms with E-state index in [9.17, 15) is 14.4 Å². The zero-order chi connectivity index (χ0) is 20.6. The topological polar surface area (TPSA) is 110 Å². The molecule has 0 saturated heterocycles. The Kier molecular flexibility index (Phi) is 5.27. The molecular formula is C21H23NO6. The minimum atomic E-state index is -0.974. The van der Waals surface area contributed by atoms with Gasteiger partial charge in [-0.1, -0.05) is 0 Å². The van der Waals surface area contributed by atoms with Gasteiger partial charge in [-0.2, -0.15) is 0 Å². The maximum Gasteiger partial charge on any atom is 0.339 e. The maximum absolute atomic E-state index is 12.5. The zero-order valence-electron chi connectivity index (χ0n) is 16.4. The lowest BCUT2D eigenvalue weighted by Gasteiger charge is -2.10. The Morgan fingerprint density at radius 3 is 2.29 bits per heavy atom. The number of fused-ring (bicyclic) bond motifs is 2. The van der Waals surface area contributed by atoms with Crippen molar-refractivity contribution >= 4 is 33.8 Å². The number of benzene rings is 1. The summed E-state index contributed by atoms with van der Waals surface area (Å²) in [7, 11) is 0. The van der Waals surface area contributed by atoms with Gasteiger partial charge in [0.2, 0.25) is 5.91 Å². The molecule has 148 valence electrons. The van der Waals surface area contributed by atoms with Gasteiger partial charge in [-0.25, -0.2) is 4.79 Å². The fourth-order valence-corrected chi connectivity index (χ4v) is 3.42. The molecule has 3 rings (SSSR count). The van der Waals surface area contributed by atoms with Crippen LogP contribution in [0.15, 0.2) is 19.7 Å². The number of aliphatic carboxylic acids is 1. The van der Waals surface area contributed by atoms with Crippen LogP contribution < -0.4 is 10.9 Å². The number of carbonyl (C=O) groups excluding carboxylic acids is 1. The van der Waals surface area contributed by atoms with E-state index in [1.54, 1.807) is 0 Å². The van der Waals surface area contributed by atoms with Crippen molar-refractivity contribution in [1.82, 2.24) is 5.32 Å². The molecule has 0 spiro atoms. The number of rotatable bonds is 6. The zero-order valence-corrected chi connectivity index (χ0v) is 16.4. The summed E-state index contributed by atoms with van der Waals surface area (Å²) in [5, 5.41) is 13.0. The highest BCUT2D eigenvalue weighted by molar-refractivity contribution is 6.00. The molecule has 0 radical (unpaired) electrons. The molecule has 3 aromatic rings. The van der Waals surface area contributed by atoms with Crippen LogP contribution in [0.25, 0.3) is 21.9 Å². The molecule has 0 saturated carbocycles. The summed E-state index contributed by atoms with van der Waals surface area (Å²) >= 11 is 0. The van der Waals surface area contributed by atoms with Gasteiger partial charge < -0.3 is 19.3 Å². The average molecular weight is 385 g/mol. The first kappa shape index (κ1) is 19.7. The molecule has 0 aliphatic rings. The van der Waals surface area contributed by atoms with E-state index in [0.29, 0.717) is 11.1 Å².